The first-order valence-electron chi connectivity index (χ1n) is 7.52. The Morgan fingerprint density at radius 3 is 2.48 bits per heavy atom. The summed E-state index contributed by atoms with van der Waals surface area (Å²) in [6.07, 6.45) is 1.90. The fourth-order valence-electron chi connectivity index (χ4n) is 1.59. The van der Waals surface area contributed by atoms with Crippen molar-refractivity contribution in [1.29, 1.82) is 0 Å². The molecule has 0 aliphatic carbocycles. The van der Waals surface area contributed by atoms with Gasteiger partial charge in [-0.25, -0.2) is 0 Å². The highest BCUT2D eigenvalue weighted by Crippen LogP contribution is 2.36. The van der Waals surface area contributed by atoms with Crippen LogP contribution in [-0.4, -0.2) is 14.9 Å². The maximum absolute atomic E-state index is 6.15. The molecule has 0 saturated heterocycles. The van der Waals surface area contributed by atoms with Crippen molar-refractivity contribution in [2.75, 3.05) is 6.61 Å². The van der Waals surface area contributed by atoms with Gasteiger partial charge in [0.25, 0.3) is 0 Å². The van der Waals surface area contributed by atoms with Crippen LogP contribution in [0.2, 0.25) is 18.1 Å². The molecular weight excluding hydrogens is 340 g/mol. The predicted octanol–water partition coefficient (Wildman–Crippen LogP) is 5.91. The van der Waals surface area contributed by atoms with Crippen molar-refractivity contribution in [3.63, 3.8) is 0 Å². The van der Waals surface area contributed by atoms with E-state index in [0.717, 1.165) is 29.5 Å². The zero-order valence-electron chi connectivity index (χ0n) is 14.1. The minimum Gasteiger partial charge on any atom is -0.417 e. The fraction of sp³-hybridized carbons (Fsp3) is 0.556. The molecule has 1 aromatic carbocycles. The van der Waals surface area contributed by atoms with E-state index in [4.69, 9.17) is 4.43 Å². The van der Waals surface area contributed by atoms with Crippen LogP contribution in [-0.2, 0) is 4.43 Å². The number of benzene rings is 1. The molecule has 1 aromatic rings. The summed E-state index contributed by atoms with van der Waals surface area (Å²) in [5, 5.41) is 0.285. The zero-order chi connectivity index (χ0) is 16.1. The summed E-state index contributed by atoms with van der Waals surface area (Å²) in [6, 6.07) is 6.22. The smallest absolute Gasteiger partial charge is 0.191 e. The van der Waals surface area contributed by atoms with Gasteiger partial charge < -0.3 is 4.43 Å². The van der Waals surface area contributed by atoms with E-state index < -0.39 is 8.32 Å². The maximum Gasteiger partial charge on any atom is 0.191 e. The highest BCUT2D eigenvalue weighted by molar-refractivity contribution is 9.10. The minimum atomic E-state index is -1.60. The Morgan fingerprint density at radius 1 is 1.24 bits per heavy atom. The lowest BCUT2D eigenvalue weighted by molar-refractivity contribution is 0.284. The summed E-state index contributed by atoms with van der Waals surface area (Å²) in [5.74, 6) is 6.47. The van der Waals surface area contributed by atoms with Crippen LogP contribution >= 0.6 is 15.9 Å². The van der Waals surface area contributed by atoms with Gasteiger partial charge in [0.05, 0.1) is 0 Å². The first-order chi connectivity index (χ1) is 9.63. The normalized spacial score (nSPS) is 12.0. The molecule has 0 spiro atoms. The SMILES string of the molecule is Cc1cc(C#CCCCO[Si](C)(C)C(C)(C)C)ccc1Br. The Morgan fingerprint density at radius 2 is 1.90 bits per heavy atom. The van der Waals surface area contributed by atoms with Gasteiger partial charge in [-0.05, 0) is 55.2 Å². The van der Waals surface area contributed by atoms with E-state index in [2.05, 4.69) is 86.8 Å². The van der Waals surface area contributed by atoms with Crippen LogP contribution in [0.15, 0.2) is 22.7 Å². The molecule has 0 amide bonds. The zero-order valence-corrected chi connectivity index (χ0v) is 16.7. The molecule has 116 valence electrons. The molecule has 0 N–H and O–H groups in total. The van der Waals surface area contributed by atoms with Gasteiger partial charge in [-0.3, -0.25) is 0 Å². The molecule has 21 heavy (non-hydrogen) atoms. The average molecular weight is 367 g/mol. The number of aryl methyl sites for hydroxylation is 1. The van der Waals surface area contributed by atoms with Gasteiger partial charge in [0.1, 0.15) is 0 Å². The molecular formula is C18H27BrOSi. The Balaban J connectivity index is 2.39. The summed E-state index contributed by atoms with van der Waals surface area (Å²) in [4.78, 5) is 0. The third-order valence-electron chi connectivity index (χ3n) is 4.11. The van der Waals surface area contributed by atoms with Crippen LogP contribution in [0.4, 0.5) is 0 Å². The third kappa shape index (κ3) is 5.98. The molecule has 0 atom stereocenters. The topological polar surface area (TPSA) is 9.23 Å². The van der Waals surface area contributed by atoms with Gasteiger partial charge in [-0.2, -0.15) is 0 Å². The molecule has 1 rings (SSSR count). The van der Waals surface area contributed by atoms with Gasteiger partial charge in [0, 0.05) is 23.1 Å². The van der Waals surface area contributed by atoms with E-state index in [1.165, 1.54) is 5.56 Å². The first-order valence-corrected chi connectivity index (χ1v) is 11.2. The Labute approximate surface area is 139 Å². The highest BCUT2D eigenvalue weighted by Gasteiger charge is 2.36. The van der Waals surface area contributed by atoms with E-state index in [-0.39, 0.29) is 5.04 Å². The molecule has 0 saturated carbocycles. The van der Waals surface area contributed by atoms with Crippen LogP contribution in [0, 0.1) is 18.8 Å². The van der Waals surface area contributed by atoms with E-state index in [0.29, 0.717) is 0 Å². The van der Waals surface area contributed by atoms with Crippen molar-refractivity contribution >= 4 is 24.2 Å². The molecule has 0 radical (unpaired) electrons. The average Bonchev–Trinajstić information content (AvgIpc) is 2.36. The molecule has 0 fully saturated rings. The van der Waals surface area contributed by atoms with Crippen molar-refractivity contribution in [2.24, 2.45) is 0 Å². The Bertz CT molecular complexity index is 532. The van der Waals surface area contributed by atoms with Crippen LogP contribution in [0.1, 0.15) is 44.7 Å². The lowest BCUT2D eigenvalue weighted by atomic mass is 10.1. The monoisotopic (exact) mass is 366 g/mol. The molecule has 0 aliphatic rings. The van der Waals surface area contributed by atoms with Gasteiger partial charge >= 0.3 is 0 Å². The van der Waals surface area contributed by atoms with E-state index in [9.17, 15) is 0 Å². The summed E-state index contributed by atoms with van der Waals surface area (Å²) in [5.41, 5.74) is 2.31. The van der Waals surface area contributed by atoms with Crippen LogP contribution in [0.3, 0.4) is 0 Å². The second-order valence-electron chi connectivity index (χ2n) is 6.98. The standard InChI is InChI=1S/C18H27BrOSi/c1-15-14-16(11-12-17(15)19)10-8-7-9-13-20-21(5,6)18(2,3)4/h11-12,14H,7,9,13H2,1-6H3. The van der Waals surface area contributed by atoms with Crippen molar-refractivity contribution in [3.8, 4) is 11.8 Å². The van der Waals surface area contributed by atoms with Crippen molar-refractivity contribution < 1.29 is 4.43 Å². The number of hydrogen-bond donors (Lipinski definition) is 0. The number of unbranched alkanes of at least 4 members (excludes halogenated alkanes) is 1. The second kappa shape index (κ2) is 7.62. The van der Waals surface area contributed by atoms with Gasteiger partial charge in [-0.1, -0.05) is 48.5 Å². The van der Waals surface area contributed by atoms with E-state index in [1.807, 2.05) is 0 Å². The van der Waals surface area contributed by atoms with Crippen molar-refractivity contribution in [1.82, 2.24) is 0 Å². The molecule has 0 unspecified atom stereocenters. The lowest BCUT2D eigenvalue weighted by Gasteiger charge is -2.36. The van der Waals surface area contributed by atoms with Gasteiger partial charge in [0.15, 0.2) is 8.32 Å². The molecule has 0 aliphatic heterocycles. The third-order valence-corrected chi connectivity index (χ3v) is 9.53. The van der Waals surface area contributed by atoms with Gasteiger partial charge in [-0.15, -0.1) is 0 Å². The fourth-order valence-corrected chi connectivity index (χ4v) is 2.93. The van der Waals surface area contributed by atoms with Crippen LogP contribution in [0.5, 0.6) is 0 Å². The van der Waals surface area contributed by atoms with Gasteiger partial charge in [0.2, 0.25) is 0 Å². The first kappa shape index (κ1) is 18.5. The second-order valence-corrected chi connectivity index (χ2v) is 12.6. The molecule has 3 heteroatoms. The van der Waals surface area contributed by atoms with E-state index in [1.54, 1.807) is 0 Å². The highest BCUT2D eigenvalue weighted by atomic mass is 79.9. The summed E-state index contributed by atoms with van der Waals surface area (Å²) >= 11 is 3.51. The summed E-state index contributed by atoms with van der Waals surface area (Å²) < 4.78 is 7.28. The largest absolute Gasteiger partial charge is 0.417 e. The number of halogens is 1. The molecule has 0 heterocycles. The van der Waals surface area contributed by atoms with E-state index >= 15 is 0 Å². The molecule has 0 aromatic heterocycles. The quantitative estimate of drug-likeness (QED) is 0.365. The summed E-state index contributed by atoms with van der Waals surface area (Å²) in [7, 11) is -1.60. The molecule has 0 bridgehead atoms. The molecule has 1 nitrogen and oxygen atoms in total. The predicted molar refractivity (Wildman–Crippen MR) is 98.1 cm³/mol. The lowest BCUT2D eigenvalue weighted by Crippen LogP contribution is -2.40. The van der Waals surface area contributed by atoms with Crippen LogP contribution < -0.4 is 0 Å². The number of rotatable bonds is 4. The minimum absolute atomic E-state index is 0.285. The Hall–Kier alpha value is -0.563. The van der Waals surface area contributed by atoms with Crippen molar-refractivity contribution in [2.45, 2.75) is 58.7 Å². The maximum atomic E-state index is 6.15. The number of hydrogen-bond acceptors (Lipinski definition) is 1. The van der Waals surface area contributed by atoms with Crippen LogP contribution in [0.25, 0.3) is 0 Å². The summed E-state index contributed by atoms with van der Waals surface area (Å²) in [6.45, 7) is 14.3. The Kier molecular flexibility index (Phi) is 6.71. The van der Waals surface area contributed by atoms with Crippen molar-refractivity contribution in [3.05, 3.63) is 33.8 Å².